The summed E-state index contributed by atoms with van der Waals surface area (Å²) in [6, 6.07) is 17.4. The smallest absolute Gasteiger partial charge is 0.127 e. The molecule has 4 nitrogen and oxygen atoms in total. The number of oxime groups is 1. The lowest BCUT2D eigenvalue weighted by Gasteiger charge is -2.08. The van der Waals surface area contributed by atoms with Crippen molar-refractivity contribution in [1.82, 2.24) is 0 Å². The van der Waals surface area contributed by atoms with Crippen molar-refractivity contribution in [1.29, 1.82) is 0 Å². The Morgan fingerprint density at radius 1 is 0.826 bits per heavy atom. The van der Waals surface area contributed by atoms with E-state index < -0.39 is 0 Å². The van der Waals surface area contributed by atoms with Gasteiger partial charge in [0.05, 0.1) is 6.61 Å². The Kier molecular flexibility index (Phi) is 7.54. The molecule has 4 heteroatoms. The quantitative estimate of drug-likeness (QED) is 0.350. The molecule has 2 aromatic rings. The number of benzene rings is 2. The number of hydrogen-bond donors (Lipinski definition) is 0. The van der Waals surface area contributed by atoms with Crippen LogP contribution < -0.4 is 9.47 Å². The van der Waals surface area contributed by atoms with Crippen LogP contribution in [-0.4, -0.2) is 19.4 Å². The maximum Gasteiger partial charge on any atom is 0.127 e. The molecule has 0 fully saturated rings. The molecule has 2 rings (SSSR count). The van der Waals surface area contributed by atoms with Crippen molar-refractivity contribution in [2.45, 2.75) is 26.2 Å². The summed E-state index contributed by atoms with van der Waals surface area (Å²) in [5.74, 6) is 2.47. The lowest BCUT2D eigenvalue weighted by atomic mass is 10.3. The Labute approximate surface area is 137 Å². The molecule has 0 radical (unpaired) electrons. The van der Waals surface area contributed by atoms with E-state index in [1.54, 1.807) is 6.21 Å². The number of para-hydroxylation sites is 1. The Morgan fingerprint density at radius 3 is 2.22 bits per heavy atom. The van der Waals surface area contributed by atoms with Gasteiger partial charge in [0.2, 0.25) is 0 Å². The predicted octanol–water partition coefficient (Wildman–Crippen LogP) is 5.05. The van der Waals surface area contributed by atoms with Crippen LogP contribution in [-0.2, 0) is 4.84 Å². The SMILES string of the molecule is CC/C=N/OCCCCOc1ccc(Oc2ccccc2)cc1. The van der Waals surface area contributed by atoms with E-state index in [9.17, 15) is 0 Å². The molecule has 0 saturated carbocycles. The Morgan fingerprint density at radius 2 is 1.48 bits per heavy atom. The third-order valence-corrected chi connectivity index (χ3v) is 3.03. The molecule has 0 amide bonds. The third kappa shape index (κ3) is 6.87. The molecule has 23 heavy (non-hydrogen) atoms. The molecule has 0 saturated heterocycles. The average Bonchev–Trinajstić information content (AvgIpc) is 2.60. The van der Waals surface area contributed by atoms with Crippen LogP contribution >= 0.6 is 0 Å². The van der Waals surface area contributed by atoms with Gasteiger partial charge in [-0.05, 0) is 55.7 Å². The van der Waals surface area contributed by atoms with Crippen molar-refractivity contribution in [2.75, 3.05) is 13.2 Å². The molecule has 0 aliphatic heterocycles. The predicted molar refractivity (Wildman–Crippen MR) is 92.4 cm³/mol. The fourth-order valence-electron chi connectivity index (χ4n) is 1.87. The number of hydrogen-bond acceptors (Lipinski definition) is 4. The van der Waals surface area contributed by atoms with Crippen LogP contribution in [0, 0.1) is 0 Å². The van der Waals surface area contributed by atoms with Gasteiger partial charge >= 0.3 is 0 Å². The van der Waals surface area contributed by atoms with Crippen molar-refractivity contribution < 1.29 is 14.3 Å². The van der Waals surface area contributed by atoms with E-state index in [2.05, 4.69) is 5.16 Å². The van der Waals surface area contributed by atoms with Gasteiger partial charge < -0.3 is 14.3 Å². The molecular formula is C19H23NO3. The number of ether oxygens (including phenoxy) is 2. The molecule has 0 unspecified atom stereocenters. The first-order valence-corrected chi connectivity index (χ1v) is 7.98. The molecular weight excluding hydrogens is 290 g/mol. The number of rotatable bonds is 10. The van der Waals surface area contributed by atoms with Gasteiger partial charge in [-0.15, -0.1) is 0 Å². The van der Waals surface area contributed by atoms with Gasteiger partial charge in [0.25, 0.3) is 0 Å². The number of unbranched alkanes of at least 4 members (excludes halogenated alkanes) is 1. The highest BCUT2D eigenvalue weighted by Crippen LogP contribution is 2.23. The summed E-state index contributed by atoms with van der Waals surface area (Å²) in [6.45, 7) is 3.32. The zero-order chi connectivity index (χ0) is 16.2. The fourth-order valence-corrected chi connectivity index (χ4v) is 1.87. The van der Waals surface area contributed by atoms with Crippen molar-refractivity contribution in [3.05, 3.63) is 54.6 Å². The zero-order valence-corrected chi connectivity index (χ0v) is 13.5. The fraction of sp³-hybridized carbons (Fsp3) is 0.316. The third-order valence-electron chi connectivity index (χ3n) is 3.03. The summed E-state index contributed by atoms with van der Waals surface area (Å²) in [5, 5.41) is 3.81. The molecule has 0 aromatic heterocycles. The summed E-state index contributed by atoms with van der Waals surface area (Å²) < 4.78 is 11.4. The first-order chi connectivity index (χ1) is 11.4. The van der Waals surface area contributed by atoms with Crippen LogP contribution in [0.2, 0.25) is 0 Å². The maximum atomic E-state index is 5.74. The molecule has 2 aromatic carbocycles. The van der Waals surface area contributed by atoms with E-state index in [1.165, 1.54) is 0 Å². The second-order valence-electron chi connectivity index (χ2n) is 4.97. The second kappa shape index (κ2) is 10.3. The maximum absolute atomic E-state index is 5.74. The first-order valence-electron chi connectivity index (χ1n) is 7.98. The summed E-state index contributed by atoms with van der Waals surface area (Å²) in [5.41, 5.74) is 0. The van der Waals surface area contributed by atoms with Crippen molar-refractivity contribution in [3.8, 4) is 17.2 Å². The zero-order valence-electron chi connectivity index (χ0n) is 13.5. The van der Waals surface area contributed by atoms with Gasteiger partial charge in [0.15, 0.2) is 0 Å². The molecule has 0 heterocycles. The largest absolute Gasteiger partial charge is 0.494 e. The van der Waals surface area contributed by atoms with Crippen LogP contribution in [0.3, 0.4) is 0 Å². The highest BCUT2D eigenvalue weighted by atomic mass is 16.6. The molecule has 0 atom stereocenters. The molecule has 0 aliphatic rings. The van der Waals surface area contributed by atoms with Crippen molar-refractivity contribution >= 4 is 6.21 Å². The minimum Gasteiger partial charge on any atom is -0.494 e. The van der Waals surface area contributed by atoms with Gasteiger partial charge in [0, 0.05) is 6.21 Å². The molecule has 0 N–H and O–H groups in total. The minimum absolute atomic E-state index is 0.629. The van der Waals surface area contributed by atoms with E-state index in [4.69, 9.17) is 14.3 Å². The van der Waals surface area contributed by atoms with Crippen LogP contribution in [0.1, 0.15) is 26.2 Å². The summed E-state index contributed by atoms with van der Waals surface area (Å²) in [4.78, 5) is 5.10. The topological polar surface area (TPSA) is 40.0 Å². The van der Waals surface area contributed by atoms with E-state index in [0.29, 0.717) is 13.2 Å². The van der Waals surface area contributed by atoms with Gasteiger partial charge in [-0.2, -0.15) is 0 Å². The number of nitrogens with zero attached hydrogens (tertiary/aromatic N) is 1. The van der Waals surface area contributed by atoms with E-state index in [1.807, 2.05) is 61.5 Å². The molecule has 0 spiro atoms. The monoisotopic (exact) mass is 313 g/mol. The molecule has 0 aliphatic carbocycles. The Balaban J connectivity index is 1.64. The van der Waals surface area contributed by atoms with Gasteiger partial charge in [-0.25, -0.2) is 0 Å². The van der Waals surface area contributed by atoms with Crippen molar-refractivity contribution in [2.24, 2.45) is 5.16 Å². The highest BCUT2D eigenvalue weighted by molar-refractivity contribution is 5.55. The minimum atomic E-state index is 0.629. The lowest BCUT2D eigenvalue weighted by Crippen LogP contribution is -1.99. The second-order valence-corrected chi connectivity index (χ2v) is 4.97. The Bertz CT molecular complexity index is 567. The Hall–Kier alpha value is -2.49. The van der Waals surface area contributed by atoms with E-state index in [-0.39, 0.29) is 0 Å². The van der Waals surface area contributed by atoms with Crippen molar-refractivity contribution in [3.63, 3.8) is 0 Å². The highest BCUT2D eigenvalue weighted by Gasteiger charge is 1.98. The van der Waals surface area contributed by atoms with Gasteiger partial charge in [-0.3, -0.25) is 0 Å². The van der Waals surface area contributed by atoms with Crippen LogP contribution in [0.25, 0.3) is 0 Å². The summed E-state index contributed by atoms with van der Waals surface area (Å²) in [7, 11) is 0. The van der Waals surface area contributed by atoms with E-state index >= 15 is 0 Å². The van der Waals surface area contributed by atoms with Crippen LogP contribution in [0.4, 0.5) is 0 Å². The van der Waals surface area contributed by atoms with Gasteiger partial charge in [-0.1, -0.05) is 30.3 Å². The summed E-state index contributed by atoms with van der Waals surface area (Å²) in [6.07, 6.45) is 4.52. The molecule has 0 bridgehead atoms. The normalized spacial score (nSPS) is 10.7. The standard InChI is InChI=1S/C19H23NO3/c1-2-14-20-22-16-7-6-15-21-17-10-12-19(13-11-17)23-18-8-4-3-5-9-18/h3-5,8-14H,2,6-7,15-16H2,1H3/b20-14+. The average molecular weight is 313 g/mol. The van der Waals surface area contributed by atoms with Gasteiger partial charge in [0.1, 0.15) is 23.9 Å². The lowest BCUT2D eigenvalue weighted by molar-refractivity contribution is 0.136. The first kappa shape index (κ1) is 16.9. The summed E-state index contributed by atoms with van der Waals surface area (Å²) >= 11 is 0. The molecule has 122 valence electrons. The van der Waals surface area contributed by atoms with Crippen LogP contribution in [0.5, 0.6) is 17.2 Å². The van der Waals surface area contributed by atoms with Crippen LogP contribution in [0.15, 0.2) is 59.8 Å². The van der Waals surface area contributed by atoms with E-state index in [0.717, 1.165) is 36.5 Å².